The van der Waals surface area contributed by atoms with Crippen LogP contribution in [-0.4, -0.2) is 70.0 Å². The standard InChI is InChI=1S/C29H33N7O2/c1-5-38-25-12-26(29-22(13-30)15-33-35(29)19-25)20(2)6-10-27(31-3)36-23-8-9-24(36)18-34(17-23)16-21-7-11-28(37-4)32-14-21/h6-7,10-12,14-15,19,23-24H,3,5,8-9,16-18H2,1-2,4H3/b20-6+,27-10+. The molecule has 2 saturated heterocycles. The van der Waals surface area contributed by atoms with E-state index < -0.39 is 0 Å². The first kappa shape index (κ1) is 25.5. The van der Waals surface area contributed by atoms with Gasteiger partial charge in [-0.1, -0.05) is 12.1 Å². The Morgan fingerprint density at radius 3 is 2.66 bits per heavy atom. The number of fused-ring (bicyclic) bond motifs is 3. The molecule has 0 aromatic carbocycles. The van der Waals surface area contributed by atoms with Gasteiger partial charge >= 0.3 is 0 Å². The Morgan fingerprint density at radius 1 is 1.24 bits per heavy atom. The zero-order valence-electron chi connectivity index (χ0n) is 22.2. The zero-order valence-corrected chi connectivity index (χ0v) is 22.2. The van der Waals surface area contributed by atoms with E-state index in [1.165, 1.54) is 5.56 Å². The highest BCUT2D eigenvalue weighted by atomic mass is 16.5. The zero-order chi connectivity index (χ0) is 26.6. The summed E-state index contributed by atoms with van der Waals surface area (Å²) in [6.45, 7) is 11.2. The van der Waals surface area contributed by atoms with Gasteiger partial charge in [0.1, 0.15) is 17.6 Å². The molecule has 2 bridgehead atoms. The van der Waals surface area contributed by atoms with Crippen molar-refractivity contribution in [1.82, 2.24) is 24.4 Å². The monoisotopic (exact) mass is 511 g/mol. The molecule has 5 rings (SSSR count). The fourth-order valence-corrected chi connectivity index (χ4v) is 5.61. The van der Waals surface area contributed by atoms with Gasteiger partial charge in [-0.05, 0) is 56.7 Å². The Morgan fingerprint density at radius 2 is 2.03 bits per heavy atom. The van der Waals surface area contributed by atoms with Crippen molar-refractivity contribution >= 4 is 17.8 Å². The second-order valence-corrected chi connectivity index (χ2v) is 9.71. The first-order valence-corrected chi connectivity index (χ1v) is 12.9. The van der Waals surface area contributed by atoms with E-state index in [4.69, 9.17) is 9.47 Å². The van der Waals surface area contributed by atoms with Gasteiger partial charge in [-0.15, -0.1) is 0 Å². The van der Waals surface area contributed by atoms with Gasteiger partial charge in [0, 0.05) is 49.5 Å². The number of nitriles is 1. The molecule has 9 heteroatoms. The Hall–Kier alpha value is -4.16. The van der Waals surface area contributed by atoms with E-state index in [1.54, 1.807) is 17.8 Å². The van der Waals surface area contributed by atoms with Gasteiger partial charge in [0.05, 0.1) is 37.2 Å². The van der Waals surface area contributed by atoms with Gasteiger partial charge in [-0.25, -0.2) is 14.5 Å². The lowest BCUT2D eigenvalue weighted by Crippen LogP contribution is -2.52. The Bertz CT molecular complexity index is 1400. The molecule has 2 aliphatic heterocycles. The third-order valence-electron chi connectivity index (χ3n) is 7.32. The maximum atomic E-state index is 9.62. The topological polar surface area (TPSA) is 91.3 Å². The number of rotatable bonds is 9. The van der Waals surface area contributed by atoms with E-state index in [1.807, 2.05) is 44.4 Å². The van der Waals surface area contributed by atoms with Gasteiger partial charge in [0.15, 0.2) is 0 Å². The third kappa shape index (κ3) is 5.00. The van der Waals surface area contributed by atoms with E-state index in [0.717, 1.165) is 55.0 Å². The lowest BCUT2D eigenvalue weighted by atomic mass is 10.0. The molecule has 2 aliphatic rings. The van der Waals surface area contributed by atoms with Crippen LogP contribution in [0.15, 0.2) is 59.8 Å². The van der Waals surface area contributed by atoms with E-state index in [2.05, 4.69) is 49.8 Å². The maximum absolute atomic E-state index is 9.62. The third-order valence-corrected chi connectivity index (χ3v) is 7.32. The summed E-state index contributed by atoms with van der Waals surface area (Å²) in [5.41, 5.74) is 4.39. The average molecular weight is 512 g/mol. The molecular formula is C29H33N7O2. The van der Waals surface area contributed by atoms with E-state index in [9.17, 15) is 5.26 Å². The Labute approximate surface area is 223 Å². The number of piperazine rings is 1. The molecule has 3 aromatic heterocycles. The maximum Gasteiger partial charge on any atom is 0.212 e. The van der Waals surface area contributed by atoms with Crippen molar-refractivity contribution in [3.8, 4) is 17.7 Å². The summed E-state index contributed by atoms with van der Waals surface area (Å²) in [6, 6.07) is 9.00. The number of allylic oxidation sites excluding steroid dienone is 3. The normalized spacial score (nSPS) is 20.0. The van der Waals surface area contributed by atoms with E-state index >= 15 is 0 Å². The van der Waals surface area contributed by atoms with Crippen LogP contribution >= 0.6 is 0 Å². The summed E-state index contributed by atoms with van der Waals surface area (Å²) in [5, 5.41) is 14.0. The molecule has 2 atom stereocenters. The Balaban J connectivity index is 1.37. The number of hydrogen-bond donors (Lipinski definition) is 0. The van der Waals surface area contributed by atoms with Gasteiger partial charge in [0.2, 0.25) is 5.88 Å². The highest BCUT2D eigenvalue weighted by molar-refractivity contribution is 5.82. The summed E-state index contributed by atoms with van der Waals surface area (Å²) in [5.74, 6) is 2.23. The number of pyridine rings is 2. The lowest BCUT2D eigenvalue weighted by Gasteiger charge is -2.42. The first-order chi connectivity index (χ1) is 18.5. The van der Waals surface area contributed by atoms with Crippen molar-refractivity contribution in [2.75, 3.05) is 26.8 Å². The molecule has 9 nitrogen and oxygen atoms in total. The summed E-state index contributed by atoms with van der Waals surface area (Å²) in [6.07, 6.45) is 11.7. The molecular weight excluding hydrogens is 478 g/mol. The molecule has 0 saturated carbocycles. The number of ether oxygens (including phenoxy) is 2. The van der Waals surface area contributed by atoms with Crippen molar-refractivity contribution in [1.29, 1.82) is 5.26 Å². The molecule has 5 heterocycles. The van der Waals surface area contributed by atoms with Crippen molar-refractivity contribution in [3.05, 3.63) is 71.5 Å². The number of aromatic nitrogens is 3. The minimum atomic E-state index is 0.387. The number of methoxy groups -OCH3 is 1. The van der Waals surface area contributed by atoms with Gasteiger partial charge in [-0.2, -0.15) is 10.4 Å². The average Bonchev–Trinajstić information content (AvgIpc) is 3.46. The van der Waals surface area contributed by atoms with Crippen molar-refractivity contribution in [2.45, 2.75) is 45.3 Å². The number of aliphatic imine (C=N–C) groups is 1. The molecule has 0 N–H and O–H groups in total. The SMILES string of the molecule is C=N/C(=C\C=C(/C)c1cc(OCC)cn2ncc(C#N)c12)N1C2CCC1CN(Cc1ccc(OC)nc1)C2. The molecule has 2 fully saturated rings. The second-order valence-electron chi connectivity index (χ2n) is 9.71. The van der Waals surface area contributed by atoms with Crippen molar-refractivity contribution in [3.63, 3.8) is 0 Å². The van der Waals surface area contributed by atoms with Crippen LogP contribution in [0.5, 0.6) is 11.6 Å². The van der Waals surface area contributed by atoms with E-state index in [0.29, 0.717) is 35.9 Å². The van der Waals surface area contributed by atoms with Crippen LogP contribution in [0.2, 0.25) is 0 Å². The summed E-state index contributed by atoms with van der Waals surface area (Å²) in [4.78, 5) is 13.7. The summed E-state index contributed by atoms with van der Waals surface area (Å²) >= 11 is 0. The molecule has 38 heavy (non-hydrogen) atoms. The largest absolute Gasteiger partial charge is 0.492 e. The van der Waals surface area contributed by atoms with E-state index in [-0.39, 0.29) is 0 Å². The highest BCUT2D eigenvalue weighted by Gasteiger charge is 2.40. The van der Waals surface area contributed by atoms with Gasteiger partial charge < -0.3 is 14.4 Å². The minimum Gasteiger partial charge on any atom is -0.492 e. The molecule has 2 unspecified atom stereocenters. The molecule has 0 radical (unpaired) electrons. The van der Waals surface area contributed by atoms with Crippen molar-refractivity contribution in [2.24, 2.45) is 4.99 Å². The Kier molecular flexibility index (Phi) is 7.43. The molecule has 0 aliphatic carbocycles. The van der Waals surface area contributed by atoms with Crippen LogP contribution < -0.4 is 9.47 Å². The molecule has 0 amide bonds. The predicted octanol–water partition coefficient (Wildman–Crippen LogP) is 4.30. The minimum absolute atomic E-state index is 0.387. The van der Waals surface area contributed by atoms with Crippen LogP contribution in [0, 0.1) is 11.3 Å². The van der Waals surface area contributed by atoms with Crippen molar-refractivity contribution < 1.29 is 9.47 Å². The number of hydrogen-bond acceptors (Lipinski definition) is 8. The van der Waals surface area contributed by atoms with Crippen LogP contribution in [0.3, 0.4) is 0 Å². The van der Waals surface area contributed by atoms with Crippen LogP contribution in [0.1, 0.15) is 43.4 Å². The number of likely N-dealkylation sites (tertiary alicyclic amines) is 1. The number of nitrogens with zero attached hydrogens (tertiary/aromatic N) is 7. The first-order valence-electron chi connectivity index (χ1n) is 12.9. The molecule has 196 valence electrons. The van der Waals surface area contributed by atoms with Crippen LogP contribution in [-0.2, 0) is 6.54 Å². The van der Waals surface area contributed by atoms with Gasteiger partial charge in [0.25, 0.3) is 0 Å². The lowest BCUT2D eigenvalue weighted by molar-refractivity contribution is 0.0885. The fourth-order valence-electron chi connectivity index (χ4n) is 5.61. The van der Waals surface area contributed by atoms with Crippen LogP contribution in [0.4, 0.5) is 0 Å². The molecule has 0 spiro atoms. The smallest absolute Gasteiger partial charge is 0.212 e. The highest BCUT2D eigenvalue weighted by Crippen LogP contribution is 2.35. The van der Waals surface area contributed by atoms with Crippen LogP contribution in [0.25, 0.3) is 11.1 Å². The summed E-state index contributed by atoms with van der Waals surface area (Å²) < 4.78 is 12.7. The fraction of sp³-hybridized carbons (Fsp3) is 0.379. The summed E-state index contributed by atoms with van der Waals surface area (Å²) in [7, 11) is 1.63. The molecule has 3 aromatic rings. The van der Waals surface area contributed by atoms with Gasteiger partial charge in [-0.3, -0.25) is 4.90 Å². The predicted molar refractivity (Wildman–Crippen MR) is 147 cm³/mol. The second kappa shape index (κ2) is 11.1. The quantitative estimate of drug-likeness (QED) is 0.312.